The maximum atomic E-state index is 13.0. The third-order valence-electron chi connectivity index (χ3n) is 5.00. The van der Waals surface area contributed by atoms with E-state index < -0.39 is 0 Å². The highest BCUT2D eigenvalue weighted by molar-refractivity contribution is 7.99. The van der Waals surface area contributed by atoms with Crippen LogP contribution in [0, 0.1) is 0 Å². The first kappa shape index (κ1) is 17.6. The van der Waals surface area contributed by atoms with Crippen molar-refractivity contribution < 1.29 is 13.9 Å². The van der Waals surface area contributed by atoms with Gasteiger partial charge in [0.05, 0.1) is 18.2 Å². The lowest BCUT2D eigenvalue weighted by atomic mass is 10.1. The van der Waals surface area contributed by atoms with Crippen LogP contribution in [0.25, 0.3) is 11.5 Å². The number of oxazole rings is 1. The van der Waals surface area contributed by atoms with E-state index in [9.17, 15) is 4.79 Å². The average Bonchev–Trinajstić information content (AvgIpc) is 3.42. The molecule has 2 unspecified atom stereocenters. The van der Waals surface area contributed by atoms with Crippen LogP contribution in [0.2, 0.25) is 0 Å². The molecule has 2 fully saturated rings. The topological polar surface area (TPSA) is 55.6 Å². The minimum absolute atomic E-state index is 0.126. The molecule has 0 radical (unpaired) electrons. The van der Waals surface area contributed by atoms with Gasteiger partial charge in [-0.1, -0.05) is 18.2 Å². The summed E-state index contributed by atoms with van der Waals surface area (Å²) in [6.07, 6.45) is 5.28. The number of nitrogens with zero attached hydrogens (tertiary/aromatic N) is 2. The van der Waals surface area contributed by atoms with E-state index in [1.165, 1.54) is 0 Å². The predicted molar refractivity (Wildman–Crippen MR) is 102 cm³/mol. The Morgan fingerprint density at radius 2 is 2.15 bits per heavy atom. The number of aromatic nitrogens is 1. The minimum Gasteiger partial charge on any atom is -0.444 e. The molecule has 1 amide bonds. The molecule has 4 rings (SSSR count). The number of hydrogen-bond donors (Lipinski definition) is 0. The molecule has 6 heteroatoms. The molecular weight excluding hydrogens is 348 g/mol. The average molecular weight is 372 g/mol. The van der Waals surface area contributed by atoms with Crippen LogP contribution in [-0.2, 0) is 16.0 Å². The van der Waals surface area contributed by atoms with Gasteiger partial charge in [-0.05, 0) is 37.1 Å². The summed E-state index contributed by atoms with van der Waals surface area (Å²) in [6.45, 7) is 1.52. The van der Waals surface area contributed by atoms with E-state index in [1.54, 1.807) is 6.26 Å². The highest BCUT2D eigenvalue weighted by atomic mass is 32.2. The summed E-state index contributed by atoms with van der Waals surface area (Å²) in [7, 11) is 0. The maximum Gasteiger partial charge on any atom is 0.229 e. The Labute approximate surface area is 158 Å². The first-order valence-corrected chi connectivity index (χ1v) is 10.4. The summed E-state index contributed by atoms with van der Waals surface area (Å²) >= 11 is 1.92. The number of carbonyl (C=O) groups excluding carboxylic acids is 1. The lowest BCUT2D eigenvalue weighted by Crippen LogP contribution is -2.45. The molecule has 0 aliphatic carbocycles. The molecule has 2 atom stereocenters. The van der Waals surface area contributed by atoms with E-state index in [0.717, 1.165) is 42.9 Å². The normalized spacial score (nSPS) is 22.6. The number of hydrogen-bond acceptors (Lipinski definition) is 5. The van der Waals surface area contributed by atoms with Gasteiger partial charge in [0.2, 0.25) is 11.8 Å². The van der Waals surface area contributed by atoms with Gasteiger partial charge in [-0.25, -0.2) is 4.98 Å². The van der Waals surface area contributed by atoms with Gasteiger partial charge in [0.1, 0.15) is 6.26 Å². The van der Waals surface area contributed by atoms with Crippen molar-refractivity contribution in [3.63, 3.8) is 0 Å². The van der Waals surface area contributed by atoms with Crippen LogP contribution in [0.15, 0.2) is 41.0 Å². The van der Waals surface area contributed by atoms with Crippen molar-refractivity contribution in [3.05, 3.63) is 42.3 Å². The number of ether oxygens (including phenoxy) is 1. The predicted octanol–water partition coefficient (Wildman–Crippen LogP) is 3.40. The summed E-state index contributed by atoms with van der Waals surface area (Å²) in [5.41, 5.74) is 1.62. The highest BCUT2D eigenvalue weighted by Gasteiger charge is 2.31. The molecule has 0 N–H and O–H groups in total. The van der Waals surface area contributed by atoms with Gasteiger partial charge in [-0.3, -0.25) is 4.79 Å². The van der Waals surface area contributed by atoms with Crippen molar-refractivity contribution in [2.75, 3.05) is 24.7 Å². The Kier molecular flexibility index (Phi) is 5.60. The second-order valence-corrected chi connectivity index (χ2v) is 8.04. The summed E-state index contributed by atoms with van der Waals surface area (Å²) in [5.74, 6) is 2.84. The first-order valence-electron chi connectivity index (χ1n) is 9.28. The van der Waals surface area contributed by atoms with E-state index in [2.05, 4.69) is 4.98 Å². The fourth-order valence-corrected chi connectivity index (χ4v) is 4.81. The standard InChI is InChI=1S/C20H24N2O3S/c23-19(11-16-13-25-20(21-16)15-5-2-1-3-6-15)22(17-8-10-26-14-17)12-18-7-4-9-24-18/h1-3,5-6,13,17-18H,4,7-12,14H2. The second kappa shape index (κ2) is 8.27. The molecule has 3 heterocycles. The highest BCUT2D eigenvalue weighted by Crippen LogP contribution is 2.25. The number of carbonyl (C=O) groups is 1. The molecule has 0 saturated carbocycles. The van der Waals surface area contributed by atoms with Crippen LogP contribution in [0.3, 0.4) is 0 Å². The second-order valence-electron chi connectivity index (χ2n) is 6.89. The first-order chi connectivity index (χ1) is 12.8. The number of amides is 1. The Bertz CT molecular complexity index is 722. The zero-order valence-electron chi connectivity index (χ0n) is 14.8. The smallest absolute Gasteiger partial charge is 0.229 e. The van der Waals surface area contributed by atoms with Gasteiger partial charge in [0, 0.05) is 30.5 Å². The molecule has 2 aliphatic rings. The van der Waals surface area contributed by atoms with E-state index in [-0.39, 0.29) is 18.4 Å². The third-order valence-corrected chi connectivity index (χ3v) is 6.14. The van der Waals surface area contributed by atoms with Gasteiger partial charge >= 0.3 is 0 Å². The van der Waals surface area contributed by atoms with E-state index >= 15 is 0 Å². The van der Waals surface area contributed by atoms with Crippen LogP contribution in [0.1, 0.15) is 25.0 Å². The van der Waals surface area contributed by atoms with Crippen molar-refractivity contribution in [1.82, 2.24) is 9.88 Å². The van der Waals surface area contributed by atoms with Crippen molar-refractivity contribution in [2.45, 2.75) is 37.8 Å². The van der Waals surface area contributed by atoms with Crippen molar-refractivity contribution in [3.8, 4) is 11.5 Å². The van der Waals surface area contributed by atoms with Gasteiger partial charge in [0.15, 0.2) is 0 Å². The summed E-state index contributed by atoms with van der Waals surface area (Å²) in [5, 5.41) is 0. The molecule has 0 bridgehead atoms. The quantitative estimate of drug-likeness (QED) is 0.778. The van der Waals surface area contributed by atoms with Crippen LogP contribution in [0.5, 0.6) is 0 Å². The van der Waals surface area contributed by atoms with Gasteiger partial charge in [0.25, 0.3) is 0 Å². The largest absolute Gasteiger partial charge is 0.444 e. The van der Waals surface area contributed by atoms with E-state index in [0.29, 0.717) is 24.2 Å². The zero-order valence-corrected chi connectivity index (χ0v) is 15.6. The van der Waals surface area contributed by atoms with Crippen LogP contribution in [0.4, 0.5) is 0 Å². The van der Waals surface area contributed by atoms with Crippen LogP contribution in [-0.4, -0.2) is 52.6 Å². The van der Waals surface area contributed by atoms with E-state index in [1.807, 2.05) is 47.0 Å². The molecule has 5 nitrogen and oxygen atoms in total. The lowest BCUT2D eigenvalue weighted by molar-refractivity contribution is -0.134. The SMILES string of the molecule is O=C(Cc1coc(-c2ccccc2)n1)N(CC1CCCO1)C1CCSC1. The lowest BCUT2D eigenvalue weighted by Gasteiger charge is -2.30. The summed E-state index contributed by atoms with van der Waals surface area (Å²) < 4.78 is 11.4. The Morgan fingerprint density at radius 1 is 1.27 bits per heavy atom. The van der Waals surface area contributed by atoms with Crippen LogP contribution >= 0.6 is 11.8 Å². The molecule has 0 spiro atoms. The maximum absolute atomic E-state index is 13.0. The van der Waals surface area contributed by atoms with Crippen LogP contribution < -0.4 is 0 Å². The zero-order chi connectivity index (χ0) is 17.8. The Hall–Kier alpha value is -1.79. The van der Waals surface area contributed by atoms with Gasteiger partial charge in [-0.15, -0.1) is 0 Å². The molecule has 26 heavy (non-hydrogen) atoms. The fourth-order valence-electron chi connectivity index (χ4n) is 3.59. The molecule has 1 aromatic heterocycles. The van der Waals surface area contributed by atoms with Gasteiger partial charge in [-0.2, -0.15) is 11.8 Å². The Morgan fingerprint density at radius 3 is 2.88 bits per heavy atom. The molecule has 1 aromatic carbocycles. The fraction of sp³-hybridized carbons (Fsp3) is 0.500. The van der Waals surface area contributed by atoms with Gasteiger partial charge < -0.3 is 14.1 Å². The molecule has 2 aromatic rings. The monoisotopic (exact) mass is 372 g/mol. The Balaban J connectivity index is 1.44. The molecule has 2 aliphatic heterocycles. The van der Waals surface area contributed by atoms with Crippen molar-refractivity contribution >= 4 is 17.7 Å². The number of thioether (sulfide) groups is 1. The summed E-state index contributed by atoms with van der Waals surface area (Å²) in [4.78, 5) is 19.6. The number of rotatable bonds is 6. The molecule has 2 saturated heterocycles. The molecular formula is C20H24N2O3S. The van der Waals surface area contributed by atoms with E-state index in [4.69, 9.17) is 9.15 Å². The summed E-state index contributed by atoms with van der Waals surface area (Å²) in [6, 6.07) is 10.1. The minimum atomic E-state index is 0.126. The van der Waals surface area contributed by atoms with Crippen molar-refractivity contribution in [2.24, 2.45) is 0 Å². The third kappa shape index (κ3) is 4.13. The number of benzene rings is 1. The molecule has 138 valence electrons. The van der Waals surface area contributed by atoms with Crippen molar-refractivity contribution in [1.29, 1.82) is 0 Å².